The van der Waals surface area contributed by atoms with Crippen LogP contribution in [0.25, 0.3) is 16.9 Å². The van der Waals surface area contributed by atoms with Crippen molar-refractivity contribution in [1.29, 1.82) is 0 Å². The zero-order chi connectivity index (χ0) is 15.5. The van der Waals surface area contributed by atoms with Gasteiger partial charge in [0, 0.05) is 11.6 Å². The lowest BCUT2D eigenvalue weighted by molar-refractivity contribution is 0.352. The van der Waals surface area contributed by atoms with Gasteiger partial charge in [-0.05, 0) is 24.6 Å². The summed E-state index contributed by atoms with van der Waals surface area (Å²) in [5.74, 6) is 1.35. The van der Waals surface area contributed by atoms with Crippen molar-refractivity contribution in [2.75, 3.05) is 14.2 Å². The average Bonchev–Trinajstić information content (AvgIpc) is 3.04. The Morgan fingerprint density at radius 3 is 2.55 bits per heavy atom. The Bertz CT molecular complexity index is 786. The van der Waals surface area contributed by atoms with Crippen LogP contribution in [0, 0.1) is 6.92 Å². The van der Waals surface area contributed by atoms with Crippen molar-refractivity contribution in [3.8, 4) is 28.4 Å². The number of hydrogen-bond donors (Lipinski definition) is 0. The summed E-state index contributed by atoms with van der Waals surface area (Å²) in [4.78, 5) is 0. The molecule has 2 aromatic heterocycles. The molecule has 7 heteroatoms. The molecule has 0 spiro atoms. The Morgan fingerprint density at radius 2 is 1.86 bits per heavy atom. The molecule has 2 heterocycles. The van der Waals surface area contributed by atoms with Gasteiger partial charge in [0.1, 0.15) is 0 Å². The largest absolute Gasteiger partial charge is 0.493 e. The molecule has 22 heavy (non-hydrogen) atoms. The lowest BCUT2D eigenvalue weighted by atomic mass is 10.1. The van der Waals surface area contributed by atoms with E-state index in [0.29, 0.717) is 11.5 Å². The first kappa shape index (κ1) is 14.0. The predicted molar refractivity (Wildman–Crippen MR) is 80.2 cm³/mol. The normalized spacial score (nSPS) is 10.5. The van der Waals surface area contributed by atoms with Gasteiger partial charge < -0.3 is 9.47 Å². The molecular formula is C15H15N5O2. The van der Waals surface area contributed by atoms with Crippen molar-refractivity contribution in [3.05, 3.63) is 42.4 Å². The Labute approximate surface area is 127 Å². The third-order valence-electron chi connectivity index (χ3n) is 3.32. The quantitative estimate of drug-likeness (QED) is 0.733. The second-order valence-electron chi connectivity index (χ2n) is 4.66. The maximum absolute atomic E-state index is 5.39. The van der Waals surface area contributed by atoms with Crippen LogP contribution in [0.3, 0.4) is 0 Å². The number of rotatable bonds is 4. The summed E-state index contributed by atoms with van der Waals surface area (Å²) in [5.41, 5.74) is 3.49. The van der Waals surface area contributed by atoms with Crippen LogP contribution in [-0.2, 0) is 0 Å². The van der Waals surface area contributed by atoms with Gasteiger partial charge in [-0.3, -0.25) is 0 Å². The van der Waals surface area contributed by atoms with Gasteiger partial charge in [0.05, 0.1) is 44.2 Å². The monoisotopic (exact) mass is 297 g/mol. The maximum atomic E-state index is 5.39. The smallest absolute Gasteiger partial charge is 0.163 e. The highest BCUT2D eigenvalue weighted by Crippen LogP contribution is 2.34. The molecule has 0 atom stereocenters. The molecule has 3 aromatic rings. The Kier molecular flexibility index (Phi) is 3.69. The minimum absolute atomic E-state index is 0.645. The van der Waals surface area contributed by atoms with E-state index in [1.54, 1.807) is 37.5 Å². The first-order chi connectivity index (χ1) is 10.7. The van der Waals surface area contributed by atoms with E-state index in [0.717, 1.165) is 22.5 Å². The van der Waals surface area contributed by atoms with Crippen LogP contribution in [0.15, 0.2) is 36.8 Å². The maximum Gasteiger partial charge on any atom is 0.163 e. The number of nitrogens with zero attached hydrogens (tertiary/aromatic N) is 5. The van der Waals surface area contributed by atoms with Gasteiger partial charge >= 0.3 is 0 Å². The molecule has 0 aliphatic rings. The van der Waals surface area contributed by atoms with Gasteiger partial charge in [0.25, 0.3) is 0 Å². The van der Waals surface area contributed by atoms with Crippen molar-refractivity contribution in [2.24, 2.45) is 0 Å². The van der Waals surface area contributed by atoms with Crippen LogP contribution in [0.5, 0.6) is 11.5 Å². The third-order valence-corrected chi connectivity index (χ3v) is 3.32. The van der Waals surface area contributed by atoms with Gasteiger partial charge in [-0.1, -0.05) is 5.21 Å². The molecule has 0 amide bonds. The third kappa shape index (κ3) is 2.37. The van der Waals surface area contributed by atoms with Crippen LogP contribution >= 0.6 is 0 Å². The summed E-state index contributed by atoms with van der Waals surface area (Å²) >= 11 is 0. The van der Waals surface area contributed by atoms with Crippen molar-refractivity contribution < 1.29 is 9.47 Å². The predicted octanol–water partition coefficient (Wildman–Crippen LogP) is 2.05. The van der Waals surface area contributed by atoms with Crippen LogP contribution in [-0.4, -0.2) is 39.4 Å². The first-order valence-corrected chi connectivity index (χ1v) is 6.65. The van der Waals surface area contributed by atoms with Crippen molar-refractivity contribution in [3.63, 3.8) is 0 Å². The van der Waals surface area contributed by atoms with Crippen LogP contribution in [0.2, 0.25) is 0 Å². The number of methoxy groups -OCH3 is 2. The molecule has 0 fully saturated rings. The molecule has 0 aliphatic heterocycles. The zero-order valence-electron chi connectivity index (χ0n) is 12.5. The molecule has 0 radical (unpaired) electrons. The van der Waals surface area contributed by atoms with Crippen LogP contribution in [0.4, 0.5) is 0 Å². The number of hydrogen-bond acceptors (Lipinski definition) is 6. The first-order valence-electron chi connectivity index (χ1n) is 6.65. The fourth-order valence-electron chi connectivity index (χ4n) is 2.32. The molecule has 0 saturated heterocycles. The van der Waals surface area contributed by atoms with E-state index in [9.17, 15) is 0 Å². The van der Waals surface area contributed by atoms with Crippen molar-refractivity contribution in [1.82, 2.24) is 25.2 Å². The summed E-state index contributed by atoms with van der Waals surface area (Å²) in [7, 11) is 3.23. The number of ether oxygens (including phenoxy) is 2. The minimum atomic E-state index is 0.645. The molecule has 112 valence electrons. The van der Waals surface area contributed by atoms with E-state index in [-0.39, 0.29) is 0 Å². The van der Waals surface area contributed by atoms with Crippen LogP contribution in [0.1, 0.15) is 5.56 Å². The topological polar surface area (TPSA) is 75.0 Å². The fourth-order valence-corrected chi connectivity index (χ4v) is 2.32. The van der Waals surface area contributed by atoms with Crippen LogP contribution < -0.4 is 9.47 Å². The molecule has 0 bridgehead atoms. The number of benzene rings is 1. The summed E-state index contributed by atoms with van der Waals surface area (Å²) in [6.45, 7) is 1.95. The van der Waals surface area contributed by atoms with Gasteiger partial charge in [0.2, 0.25) is 0 Å². The lowest BCUT2D eigenvalue weighted by Crippen LogP contribution is -2.02. The number of aromatic nitrogens is 5. The summed E-state index contributed by atoms with van der Waals surface area (Å²) in [5, 5.41) is 15.8. The summed E-state index contributed by atoms with van der Waals surface area (Å²) in [6.07, 6.45) is 4.98. The molecule has 0 unspecified atom stereocenters. The Balaban J connectivity index is 2.14. The van der Waals surface area contributed by atoms with E-state index in [1.165, 1.54) is 0 Å². The molecule has 0 aliphatic carbocycles. The molecule has 1 aromatic carbocycles. The molecule has 3 rings (SSSR count). The summed E-state index contributed by atoms with van der Waals surface area (Å²) in [6, 6.07) is 5.68. The SMILES string of the molecule is COc1cc(-n2nncc2-c2ccnnc2)cc(C)c1OC. The molecule has 0 saturated carbocycles. The van der Waals surface area contributed by atoms with Crippen molar-refractivity contribution in [2.45, 2.75) is 6.92 Å². The average molecular weight is 297 g/mol. The molecule has 0 N–H and O–H groups in total. The summed E-state index contributed by atoms with van der Waals surface area (Å²) < 4.78 is 12.5. The second kappa shape index (κ2) is 5.80. The van der Waals surface area contributed by atoms with E-state index >= 15 is 0 Å². The highest BCUT2D eigenvalue weighted by atomic mass is 16.5. The molecular weight excluding hydrogens is 282 g/mol. The Morgan fingerprint density at radius 1 is 1.00 bits per heavy atom. The molecule has 7 nitrogen and oxygen atoms in total. The Hall–Kier alpha value is -2.96. The fraction of sp³-hybridized carbons (Fsp3) is 0.200. The lowest BCUT2D eigenvalue weighted by Gasteiger charge is -2.13. The van der Waals surface area contributed by atoms with Gasteiger partial charge in [-0.2, -0.15) is 10.2 Å². The number of aryl methyl sites for hydroxylation is 1. The highest BCUT2D eigenvalue weighted by Gasteiger charge is 2.14. The standard InChI is InChI=1S/C15H15N5O2/c1-10-6-12(7-14(21-2)15(10)22-3)20-13(9-18-19-20)11-4-5-16-17-8-11/h4-9H,1-3H3. The van der Waals surface area contributed by atoms with Crippen molar-refractivity contribution >= 4 is 0 Å². The second-order valence-corrected chi connectivity index (χ2v) is 4.66. The van der Waals surface area contributed by atoms with E-state index in [1.807, 2.05) is 25.1 Å². The van der Waals surface area contributed by atoms with Gasteiger partial charge in [0.15, 0.2) is 11.5 Å². The zero-order valence-corrected chi connectivity index (χ0v) is 12.5. The minimum Gasteiger partial charge on any atom is -0.493 e. The van der Waals surface area contributed by atoms with E-state index in [4.69, 9.17) is 9.47 Å². The highest BCUT2D eigenvalue weighted by molar-refractivity contribution is 5.61. The van der Waals surface area contributed by atoms with E-state index < -0.39 is 0 Å². The van der Waals surface area contributed by atoms with Gasteiger partial charge in [-0.15, -0.1) is 5.10 Å². The van der Waals surface area contributed by atoms with Gasteiger partial charge in [-0.25, -0.2) is 4.68 Å². The van der Waals surface area contributed by atoms with E-state index in [2.05, 4.69) is 20.5 Å².